The van der Waals surface area contributed by atoms with Crippen molar-refractivity contribution in [2.75, 3.05) is 14.7 Å². The summed E-state index contributed by atoms with van der Waals surface area (Å²) in [4.78, 5) is 2.34. The molecule has 0 aliphatic carbocycles. The van der Waals surface area contributed by atoms with Gasteiger partial charge in [-0.15, -0.1) is 0 Å². The van der Waals surface area contributed by atoms with E-state index < -0.39 is 321 Å². The largest absolute Gasteiger partial charge is 0.454 e. The van der Waals surface area contributed by atoms with Crippen molar-refractivity contribution >= 4 is 118 Å². The highest BCUT2D eigenvalue weighted by molar-refractivity contribution is 7.00. The van der Waals surface area contributed by atoms with Crippen LogP contribution in [0, 0.1) is 11.3 Å². The van der Waals surface area contributed by atoms with Gasteiger partial charge in [0, 0.05) is 55.7 Å². The molecule has 9 aromatic carbocycles. The van der Waals surface area contributed by atoms with Crippen molar-refractivity contribution in [3.8, 4) is 11.8 Å². The lowest BCUT2D eigenvalue weighted by atomic mass is 9.33. The minimum Gasteiger partial charge on any atom is -0.454 e. The van der Waals surface area contributed by atoms with Crippen molar-refractivity contribution in [2.24, 2.45) is 0 Å². The zero-order valence-electron chi connectivity index (χ0n) is 67.7. The first-order valence-corrected chi connectivity index (χ1v) is 21.9. The Morgan fingerprint density at radius 1 is 0.514 bits per heavy atom. The third-order valence-electron chi connectivity index (χ3n) is 12.7. The summed E-state index contributed by atoms with van der Waals surface area (Å²) >= 11 is 0. The molecule has 7 heteroatoms. The third-order valence-corrected chi connectivity index (χ3v) is 12.7. The highest BCUT2D eigenvalue weighted by atomic mass is 16.3. The number of nitrogens with zero attached hydrogens (tertiary/aromatic N) is 5. The fraction of sp³-hybridized carbons (Fsp3) is 0.127. The number of aromatic nitrogens is 1. The Balaban J connectivity index is 1.28. The highest BCUT2D eigenvalue weighted by Crippen LogP contribution is 2.53. The molecule has 0 unspecified atom stereocenters. The van der Waals surface area contributed by atoms with Crippen molar-refractivity contribution in [1.82, 2.24) is 4.57 Å². The van der Waals surface area contributed by atoms with Gasteiger partial charge in [0.1, 0.15) is 5.58 Å². The molecule has 0 N–H and O–H groups in total. The smallest absolute Gasteiger partial charge is 0.252 e. The molecular formula is C63H48BN5O. The van der Waals surface area contributed by atoms with Gasteiger partial charge in [-0.3, -0.25) is 0 Å². The fourth-order valence-corrected chi connectivity index (χ4v) is 9.53. The minimum atomic E-state index is -2.15. The van der Waals surface area contributed by atoms with Gasteiger partial charge in [0.15, 0.2) is 5.58 Å². The molecule has 0 spiro atoms. The van der Waals surface area contributed by atoms with Crippen molar-refractivity contribution < 1.29 is 45.5 Å². The SMILES string of the molecule is [2H]c1c([2H])c2c3c(c1[2H])-n1c4c([2H])c([2H])c([2H])c([2H])c4c4c([2H])c([2H])c([2H])c(c41)N3c1c([2H])c(C#N)c([2H])c3c1B2c1c([2H])c([2H])c(N(c2c([2H])c([2H])c(C(C)(C)C)c([2H])c2[2H])c2c([2H])c([2H])c(C(C)(C)C)c([2H])c2[2H])c([2H])c1N3c1c([2H])c([2H])c([2H])c2c1oc1c([2H])c([2H])c([2H])c([2H])c12. The van der Waals surface area contributed by atoms with Gasteiger partial charge < -0.3 is 23.7 Å². The summed E-state index contributed by atoms with van der Waals surface area (Å²) in [6.45, 7) is 7.37. The van der Waals surface area contributed by atoms with Crippen LogP contribution in [0.5, 0.6) is 0 Å². The van der Waals surface area contributed by atoms with Crippen LogP contribution in [-0.2, 0) is 10.8 Å². The third kappa shape index (κ3) is 5.62. The zero-order chi connectivity index (χ0) is 73.5. The molecule has 0 radical (unpaired) electrons. The normalized spacial score (nSPS) is 19.5. The topological polar surface area (TPSA) is 51.6 Å². The summed E-state index contributed by atoms with van der Waals surface area (Å²) in [6, 6.07) is -25.4. The van der Waals surface area contributed by atoms with Gasteiger partial charge in [0.25, 0.3) is 6.71 Å². The minimum absolute atomic E-state index is 0.175. The second kappa shape index (κ2) is 14.3. The molecule has 2 aromatic heterocycles. The van der Waals surface area contributed by atoms with Crippen LogP contribution in [0.4, 0.5) is 51.2 Å². The Kier molecular flexibility index (Phi) is 4.21. The Morgan fingerprint density at radius 2 is 1.10 bits per heavy atom. The molecule has 0 atom stereocenters. The molecule has 0 saturated carbocycles. The van der Waals surface area contributed by atoms with E-state index in [1.165, 1.54) is 0 Å². The molecule has 0 bridgehead atoms. The summed E-state index contributed by atoms with van der Waals surface area (Å²) in [5.74, 6) is 0. The predicted molar refractivity (Wildman–Crippen MR) is 292 cm³/mol. The molecule has 0 fully saturated rings. The molecule has 334 valence electrons. The van der Waals surface area contributed by atoms with Crippen LogP contribution in [0.2, 0.25) is 0 Å². The number of furan rings is 1. The first kappa shape index (κ1) is 20.6. The van der Waals surface area contributed by atoms with Crippen LogP contribution in [0.1, 0.15) is 99.4 Å². The molecule has 70 heavy (non-hydrogen) atoms. The lowest BCUT2D eigenvalue weighted by Gasteiger charge is -2.46. The number of nitriles is 1. The fourth-order valence-electron chi connectivity index (χ4n) is 9.53. The van der Waals surface area contributed by atoms with Gasteiger partial charge in [-0.1, -0.05) is 144 Å². The van der Waals surface area contributed by atoms with Crippen LogP contribution in [0.3, 0.4) is 0 Å². The summed E-state index contributed by atoms with van der Waals surface area (Å²) in [5, 5.41) is 9.53. The molecule has 0 amide bonds. The maximum atomic E-state index is 11.5. The van der Waals surface area contributed by atoms with E-state index >= 15 is 0 Å². The van der Waals surface area contributed by atoms with Crippen molar-refractivity contribution in [3.63, 3.8) is 0 Å². The van der Waals surface area contributed by atoms with Gasteiger partial charge in [-0.05, 0) is 117 Å². The van der Waals surface area contributed by atoms with E-state index in [0.29, 0.717) is 4.90 Å². The second-order valence-electron chi connectivity index (χ2n) is 18.9. The zero-order valence-corrected chi connectivity index (χ0v) is 37.7. The molecule has 11 aromatic rings. The number of fused-ring (bicyclic) bond motifs is 12. The Hall–Kier alpha value is -8.47. The van der Waals surface area contributed by atoms with Gasteiger partial charge >= 0.3 is 0 Å². The first-order valence-electron chi connectivity index (χ1n) is 36.9. The van der Waals surface area contributed by atoms with Crippen molar-refractivity contribution in [2.45, 2.75) is 52.4 Å². The number of benzene rings is 9. The van der Waals surface area contributed by atoms with Crippen LogP contribution >= 0.6 is 0 Å². The summed E-state index contributed by atoms with van der Waals surface area (Å²) in [5.41, 5.74) is -15.5. The van der Waals surface area contributed by atoms with Crippen LogP contribution in [0.15, 0.2) is 186 Å². The van der Waals surface area contributed by atoms with E-state index in [2.05, 4.69) is 0 Å². The standard InChI is InChI=1S/C63H48BN5O/c1-62(2,3)39-24-28-41(29-25-39)66(42-30-26-40(27-31-42)63(4,5)6)43-32-33-48-54(36-43)67(53-22-12-17-47-45-15-8-10-23-57(45)70-61(47)53)55-34-38(37-65)35-56-58(55)64(48)49-18-13-21-52-60(49)69(56)51-20-11-16-46-44-14-7-9-19-50(44)68(52)59(46)51/h7-36H,1-6H3/i7D,8D,9D,10D,11D,12D,13D,14D,15D,16D,17D,18D,19D,20D,21D,22D,23D,24D,25D,26D,27D,28D,29D,30D,31D,32D,33D,34D,35D,36D. The van der Waals surface area contributed by atoms with Crippen LogP contribution < -0.4 is 31.1 Å². The number of para-hydroxylation sites is 5. The number of anilines is 9. The maximum Gasteiger partial charge on any atom is 0.252 e. The van der Waals surface area contributed by atoms with E-state index in [1.807, 2.05) is 6.07 Å². The van der Waals surface area contributed by atoms with Gasteiger partial charge in [0.05, 0.1) is 86.5 Å². The number of hydrogen-bond acceptors (Lipinski definition) is 5. The van der Waals surface area contributed by atoms with Gasteiger partial charge in [-0.25, -0.2) is 0 Å². The molecule has 3 aliphatic heterocycles. The van der Waals surface area contributed by atoms with E-state index in [4.69, 9.17) is 11.3 Å². The molecule has 5 heterocycles. The maximum absolute atomic E-state index is 11.5. The summed E-state index contributed by atoms with van der Waals surface area (Å²) in [6.07, 6.45) is 0. The first-order chi connectivity index (χ1) is 46.5. The van der Waals surface area contributed by atoms with Crippen molar-refractivity contribution in [1.29, 1.82) is 5.26 Å². The monoisotopic (exact) mass is 932 g/mol. The Morgan fingerprint density at radius 3 is 1.80 bits per heavy atom. The van der Waals surface area contributed by atoms with Crippen LogP contribution in [0.25, 0.3) is 49.4 Å². The summed E-state index contributed by atoms with van der Waals surface area (Å²) < 4.78 is 298. The molecule has 6 nitrogen and oxygen atoms in total. The van der Waals surface area contributed by atoms with E-state index in [1.54, 1.807) is 41.5 Å². The lowest BCUT2D eigenvalue weighted by Crippen LogP contribution is -2.61. The Labute approximate surface area is 450 Å². The lowest BCUT2D eigenvalue weighted by molar-refractivity contribution is 0.590. The summed E-state index contributed by atoms with van der Waals surface area (Å²) in [7, 11) is 0. The Bertz CT molecular complexity index is 5750. The molecule has 3 aliphatic rings. The second-order valence-corrected chi connectivity index (χ2v) is 18.9. The molecule has 14 rings (SSSR count). The van der Waals surface area contributed by atoms with E-state index in [0.717, 1.165) is 14.4 Å². The van der Waals surface area contributed by atoms with Crippen LogP contribution in [-0.4, -0.2) is 11.3 Å². The predicted octanol–water partition coefficient (Wildman–Crippen LogP) is 15.0. The quantitative estimate of drug-likeness (QED) is 0.165. The van der Waals surface area contributed by atoms with Gasteiger partial charge in [0.2, 0.25) is 0 Å². The van der Waals surface area contributed by atoms with Crippen molar-refractivity contribution in [3.05, 3.63) is 198 Å². The van der Waals surface area contributed by atoms with E-state index in [-0.39, 0.29) is 11.1 Å². The number of hydrogen-bond donors (Lipinski definition) is 0. The average Bonchev–Trinajstić information content (AvgIpc) is 1.21. The highest BCUT2D eigenvalue weighted by Gasteiger charge is 2.47. The number of rotatable bonds is 4. The van der Waals surface area contributed by atoms with Gasteiger partial charge in [-0.2, -0.15) is 5.26 Å². The molecular weight excluding hydrogens is 854 g/mol. The molecule has 0 saturated heterocycles. The van der Waals surface area contributed by atoms with E-state index in [9.17, 15) is 39.5 Å². The average molecular weight is 932 g/mol.